The zero-order chi connectivity index (χ0) is 21.6. The van der Waals surface area contributed by atoms with Crippen LogP contribution < -0.4 is 5.23 Å². The Hall–Kier alpha value is -2.56. The SMILES string of the molecule is [B]Nc1cccc([C@@H](CC)C2C(=O)C[C@@](CCC)(CCc3ccccc3)OC2=O)c1. The van der Waals surface area contributed by atoms with E-state index in [9.17, 15) is 9.59 Å². The van der Waals surface area contributed by atoms with Gasteiger partial charge in [-0.3, -0.25) is 9.59 Å². The lowest BCUT2D eigenvalue weighted by Gasteiger charge is -2.40. The minimum absolute atomic E-state index is 0.00859. The predicted molar refractivity (Wildman–Crippen MR) is 120 cm³/mol. The molecule has 156 valence electrons. The Morgan fingerprint density at radius 1 is 1.10 bits per heavy atom. The average molecular weight is 403 g/mol. The van der Waals surface area contributed by atoms with Crippen molar-refractivity contribution in [2.75, 3.05) is 5.23 Å². The van der Waals surface area contributed by atoms with Crippen LogP contribution in [0.25, 0.3) is 0 Å². The van der Waals surface area contributed by atoms with Crippen LogP contribution in [0.2, 0.25) is 0 Å². The van der Waals surface area contributed by atoms with Crippen molar-refractivity contribution < 1.29 is 14.3 Å². The van der Waals surface area contributed by atoms with E-state index >= 15 is 0 Å². The third-order valence-corrected chi connectivity index (χ3v) is 6.16. The summed E-state index contributed by atoms with van der Waals surface area (Å²) < 4.78 is 6.08. The lowest BCUT2D eigenvalue weighted by Crippen LogP contribution is -2.49. The highest BCUT2D eigenvalue weighted by Gasteiger charge is 2.48. The highest BCUT2D eigenvalue weighted by atomic mass is 16.6. The number of nitrogens with one attached hydrogen (secondary N) is 1. The number of ether oxygens (including phenoxy) is 1. The smallest absolute Gasteiger partial charge is 0.317 e. The van der Waals surface area contributed by atoms with Gasteiger partial charge in [-0.15, -0.1) is 0 Å². The van der Waals surface area contributed by atoms with Crippen LogP contribution in [-0.2, 0) is 20.7 Å². The topological polar surface area (TPSA) is 55.4 Å². The summed E-state index contributed by atoms with van der Waals surface area (Å²) in [7, 11) is 5.53. The van der Waals surface area contributed by atoms with Crippen molar-refractivity contribution in [3.63, 3.8) is 0 Å². The fourth-order valence-electron chi connectivity index (χ4n) is 4.66. The van der Waals surface area contributed by atoms with Gasteiger partial charge >= 0.3 is 5.97 Å². The molecule has 2 aromatic carbocycles. The zero-order valence-electron chi connectivity index (χ0n) is 17.9. The molecule has 0 spiro atoms. The number of esters is 1. The second-order valence-electron chi connectivity index (χ2n) is 8.25. The lowest BCUT2D eigenvalue weighted by atomic mass is 9.74. The summed E-state index contributed by atoms with van der Waals surface area (Å²) in [5.41, 5.74) is 2.17. The predicted octanol–water partition coefficient (Wildman–Crippen LogP) is 4.98. The van der Waals surface area contributed by atoms with Crippen LogP contribution >= 0.6 is 0 Å². The Labute approximate surface area is 180 Å². The first kappa shape index (κ1) is 22.1. The third kappa shape index (κ3) is 4.95. The van der Waals surface area contributed by atoms with Gasteiger partial charge in [0.15, 0.2) is 5.78 Å². The van der Waals surface area contributed by atoms with E-state index in [1.54, 1.807) is 0 Å². The van der Waals surface area contributed by atoms with Gasteiger partial charge in [-0.2, -0.15) is 0 Å². The number of carbonyl (C=O) groups is 2. The minimum Gasteiger partial charge on any atom is -0.458 e. The summed E-state index contributed by atoms with van der Waals surface area (Å²) in [4.78, 5) is 26.4. The largest absolute Gasteiger partial charge is 0.458 e. The van der Waals surface area contributed by atoms with Crippen molar-refractivity contribution in [2.24, 2.45) is 5.92 Å². The van der Waals surface area contributed by atoms with Crippen LogP contribution in [0.4, 0.5) is 5.69 Å². The van der Waals surface area contributed by atoms with Crippen molar-refractivity contribution >= 4 is 25.4 Å². The van der Waals surface area contributed by atoms with Crippen LogP contribution in [0.15, 0.2) is 54.6 Å². The number of hydrogen-bond donors (Lipinski definition) is 1. The van der Waals surface area contributed by atoms with E-state index in [1.807, 2.05) is 49.4 Å². The summed E-state index contributed by atoms with van der Waals surface area (Å²) in [6.07, 6.45) is 3.97. The molecule has 2 radical (unpaired) electrons. The molecule has 5 heteroatoms. The molecule has 3 rings (SSSR count). The van der Waals surface area contributed by atoms with E-state index in [-0.39, 0.29) is 24.1 Å². The van der Waals surface area contributed by atoms with E-state index < -0.39 is 11.5 Å². The summed E-state index contributed by atoms with van der Waals surface area (Å²) in [5, 5.41) is 2.63. The van der Waals surface area contributed by atoms with Gasteiger partial charge in [0.1, 0.15) is 11.5 Å². The number of anilines is 1. The molecule has 3 atom stereocenters. The standard InChI is InChI=1S/C25H30BNO3/c1-3-14-25(15-13-18-9-6-5-7-10-18)17-22(28)23(24(29)30-25)21(4-2)19-11-8-12-20(16-19)27-26/h5-12,16,21,23,27H,3-4,13-15,17H2,1-2H3/t21-,23?,25-/m1/s1. The molecular formula is C25H30BNO3. The van der Waals surface area contributed by atoms with Gasteiger partial charge in [0.25, 0.3) is 0 Å². The summed E-state index contributed by atoms with van der Waals surface area (Å²) >= 11 is 0. The highest BCUT2D eigenvalue weighted by Crippen LogP contribution is 2.41. The molecule has 0 bridgehead atoms. The number of hydrogen-bond acceptors (Lipinski definition) is 4. The average Bonchev–Trinajstić information content (AvgIpc) is 2.76. The number of rotatable bonds is 9. The number of carbonyl (C=O) groups excluding carboxylic acids is 2. The monoisotopic (exact) mass is 403 g/mol. The van der Waals surface area contributed by atoms with Crippen molar-refractivity contribution in [1.82, 2.24) is 0 Å². The molecule has 1 aliphatic rings. The van der Waals surface area contributed by atoms with Crippen molar-refractivity contribution in [1.29, 1.82) is 0 Å². The molecule has 1 unspecified atom stereocenters. The molecular weight excluding hydrogens is 373 g/mol. The lowest BCUT2D eigenvalue weighted by molar-refractivity contribution is -0.180. The van der Waals surface area contributed by atoms with Crippen molar-refractivity contribution in [2.45, 2.75) is 63.9 Å². The number of ketones is 1. The molecule has 0 aromatic heterocycles. The maximum absolute atomic E-state index is 13.3. The normalized spacial score (nSPS) is 22.4. The molecule has 0 saturated carbocycles. The Morgan fingerprint density at radius 2 is 1.87 bits per heavy atom. The molecule has 4 nitrogen and oxygen atoms in total. The van der Waals surface area contributed by atoms with Crippen LogP contribution in [0, 0.1) is 5.92 Å². The Bertz CT molecular complexity index is 850. The molecule has 0 aliphatic carbocycles. The van der Waals surface area contributed by atoms with E-state index in [2.05, 4.69) is 24.3 Å². The summed E-state index contributed by atoms with van der Waals surface area (Å²) in [6.45, 7) is 4.06. The second-order valence-corrected chi connectivity index (χ2v) is 8.25. The summed E-state index contributed by atoms with van der Waals surface area (Å²) in [6, 6.07) is 17.7. The molecule has 0 amide bonds. The first-order valence-corrected chi connectivity index (χ1v) is 10.9. The fraction of sp³-hybridized carbons (Fsp3) is 0.440. The van der Waals surface area contributed by atoms with Gasteiger partial charge < -0.3 is 9.96 Å². The van der Waals surface area contributed by atoms with Gasteiger partial charge in [-0.25, -0.2) is 0 Å². The molecule has 1 heterocycles. The third-order valence-electron chi connectivity index (χ3n) is 6.16. The van der Waals surface area contributed by atoms with Gasteiger partial charge in [0.2, 0.25) is 7.98 Å². The maximum atomic E-state index is 13.3. The Morgan fingerprint density at radius 3 is 2.50 bits per heavy atom. The van der Waals surface area contributed by atoms with Crippen LogP contribution in [0.5, 0.6) is 0 Å². The molecule has 30 heavy (non-hydrogen) atoms. The quantitative estimate of drug-likeness (QED) is 0.365. The second kappa shape index (κ2) is 9.97. The Balaban J connectivity index is 1.80. The fourth-order valence-corrected chi connectivity index (χ4v) is 4.66. The minimum atomic E-state index is -0.760. The van der Waals surface area contributed by atoms with E-state index in [0.29, 0.717) is 19.3 Å². The van der Waals surface area contributed by atoms with Gasteiger partial charge in [0.05, 0.1) is 0 Å². The molecule has 1 N–H and O–H groups in total. The van der Waals surface area contributed by atoms with Gasteiger partial charge in [-0.1, -0.05) is 62.7 Å². The van der Waals surface area contributed by atoms with Gasteiger partial charge in [-0.05, 0) is 48.9 Å². The molecule has 1 saturated heterocycles. The number of benzene rings is 2. The van der Waals surface area contributed by atoms with E-state index in [0.717, 1.165) is 24.1 Å². The van der Waals surface area contributed by atoms with Crippen molar-refractivity contribution in [3.8, 4) is 0 Å². The number of cyclic esters (lactones) is 1. The summed E-state index contributed by atoms with van der Waals surface area (Å²) in [5.74, 6) is -1.37. The number of aryl methyl sites for hydroxylation is 1. The molecule has 1 fully saturated rings. The highest BCUT2D eigenvalue weighted by molar-refractivity contribution is 6.15. The van der Waals surface area contributed by atoms with Crippen LogP contribution in [0.3, 0.4) is 0 Å². The van der Waals surface area contributed by atoms with Crippen LogP contribution in [-0.4, -0.2) is 25.3 Å². The first-order valence-electron chi connectivity index (χ1n) is 10.9. The maximum Gasteiger partial charge on any atom is 0.317 e. The number of Topliss-reactive ketones (excluding diaryl/α,β-unsaturated/α-hetero) is 1. The Kier molecular flexibility index (Phi) is 7.36. The van der Waals surface area contributed by atoms with E-state index in [1.165, 1.54) is 5.56 Å². The zero-order valence-corrected chi connectivity index (χ0v) is 17.9. The molecule has 2 aromatic rings. The van der Waals surface area contributed by atoms with E-state index in [4.69, 9.17) is 12.7 Å². The van der Waals surface area contributed by atoms with Gasteiger partial charge in [0, 0.05) is 18.0 Å². The molecule has 1 aliphatic heterocycles. The van der Waals surface area contributed by atoms with Crippen LogP contribution in [0.1, 0.15) is 63.0 Å². The first-order chi connectivity index (χ1) is 14.5. The van der Waals surface area contributed by atoms with Crippen molar-refractivity contribution in [3.05, 3.63) is 65.7 Å².